The summed E-state index contributed by atoms with van der Waals surface area (Å²) in [6.07, 6.45) is 3.04. The Hall–Kier alpha value is -1.63. The molecule has 1 heterocycles. The number of hydrogen-bond acceptors (Lipinski definition) is 5. The van der Waals surface area contributed by atoms with Crippen molar-refractivity contribution in [1.82, 2.24) is 4.90 Å². The van der Waals surface area contributed by atoms with E-state index in [0.29, 0.717) is 25.0 Å². The molecule has 0 aromatic heterocycles. The minimum absolute atomic E-state index is 0.161. The van der Waals surface area contributed by atoms with Crippen molar-refractivity contribution in [2.24, 2.45) is 5.73 Å². The molecule has 4 N–H and O–H groups in total. The lowest BCUT2D eigenvalue weighted by Gasteiger charge is -2.24. The van der Waals surface area contributed by atoms with Crippen LogP contribution in [0, 0.1) is 0 Å². The summed E-state index contributed by atoms with van der Waals surface area (Å²) in [5.74, 6) is 0.279. The van der Waals surface area contributed by atoms with Crippen LogP contribution in [0.25, 0.3) is 0 Å². The quantitative estimate of drug-likeness (QED) is 0.644. The third-order valence-electron chi connectivity index (χ3n) is 4.33. The molecule has 1 atom stereocenters. The number of amides is 1. The maximum Gasteiger partial charge on any atom is 0.248 e. The lowest BCUT2D eigenvalue weighted by molar-refractivity contribution is -0.0254. The molecule has 23 heavy (non-hydrogen) atoms. The van der Waals surface area contributed by atoms with Crippen LogP contribution in [0.5, 0.6) is 5.75 Å². The molecule has 1 saturated heterocycles. The predicted octanol–water partition coefficient (Wildman–Crippen LogP) is 0.764. The van der Waals surface area contributed by atoms with Crippen molar-refractivity contribution < 1.29 is 19.7 Å². The summed E-state index contributed by atoms with van der Waals surface area (Å²) in [4.78, 5) is 13.3. The Kier molecular flexibility index (Phi) is 6.38. The zero-order chi connectivity index (χ0) is 16.7. The van der Waals surface area contributed by atoms with E-state index in [1.165, 1.54) is 0 Å². The number of nitrogens with two attached hydrogens (primary N) is 1. The second kappa shape index (κ2) is 8.29. The average Bonchev–Trinajstić information content (AvgIpc) is 2.74. The fraction of sp³-hybridized carbons (Fsp3) is 0.588. The molecule has 2 rings (SSSR count). The molecule has 0 saturated carbocycles. The maximum absolute atomic E-state index is 11.0. The first-order chi connectivity index (χ1) is 11.0. The van der Waals surface area contributed by atoms with Crippen molar-refractivity contribution in [2.75, 3.05) is 32.8 Å². The lowest BCUT2D eigenvalue weighted by atomic mass is 9.96. The first-order valence-electron chi connectivity index (χ1n) is 8.11. The molecule has 1 aliphatic rings. The number of benzene rings is 1. The van der Waals surface area contributed by atoms with Crippen LogP contribution in [0.15, 0.2) is 24.3 Å². The molecule has 1 fully saturated rings. The SMILES string of the molecule is NC(=O)c1ccc(OCCCN2CCCC(O)(CO)CC2)cc1. The Morgan fingerprint density at radius 1 is 1.26 bits per heavy atom. The molecular formula is C17H26N2O4. The van der Waals surface area contributed by atoms with Crippen LogP contribution >= 0.6 is 0 Å². The summed E-state index contributed by atoms with van der Waals surface area (Å²) in [5.41, 5.74) is 4.75. The summed E-state index contributed by atoms with van der Waals surface area (Å²) in [5, 5.41) is 19.4. The van der Waals surface area contributed by atoms with Gasteiger partial charge in [-0.05, 0) is 56.5 Å². The number of nitrogens with zero attached hydrogens (tertiary/aromatic N) is 1. The van der Waals surface area contributed by atoms with Crippen LogP contribution in [-0.4, -0.2) is 59.5 Å². The molecule has 0 spiro atoms. The molecular weight excluding hydrogens is 296 g/mol. The number of hydrogen-bond donors (Lipinski definition) is 3. The minimum atomic E-state index is -0.909. The lowest BCUT2D eigenvalue weighted by Crippen LogP contribution is -2.35. The molecule has 1 amide bonds. The molecule has 1 unspecified atom stereocenters. The number of rotatable bonds is 7. The molecule has 1 aromatic carbocycles. The first kappa shape index (κ1) is 17.7. The number of primary amides is 1. The highest BCUT2D eigenvalue weighted by Gasteiger charge is 2.28. The monoisotopic (exact) mass is 322 g/mol. The average molecular weight is 322 g/mol. The zero-order valence-corrected chi connectivity index (χ0v) is 13.4. The van der Waals surface area contributed by atoms with Gasteiger partial charge in [0.2, 0.25) is 5.91 Å². The van der Waals surface area contributed by atoms with Crippen molar-refractivity contribution >= 4 is 5.91 Å². The molecule has 6 heteroatoms. The second-order valence-electron chi connectivity index (χ2n) is 6.17. The van der Waals surface area contributed by atoms with Crippen molar-refractivity contribution in [3.05, 3.63) is 29.8 Å². The van der Waals surface area contributed by atoms with Crippen LogP contribution in [0.3, 0.4) is 0 Å². The number of ether oxygens (including phenoxy) is 1. The Morgan fingerprint density at radius 3 is 2.65 bits per heavy atom. The van der Waals surface area contributed by atoms with Crippen molar-refractivity contribution in [3.8, 4) is 5.75 Å². The summed E-state index contributed by atoms with van der Waals surface area (Å²) in [6.45, 7) is 3.07. The van der Waals surface area contributed by atoms with Gasteiger partial charge in [0.15, 0.2) is 0 Å². The van der Waals surface area contributed by atoms with Crippen LogP contribution in [0.2, 0.25) is 0 Å². The van der Waals surface area contributed by atoms with Gasteiger partial charge in [-0.3, -0.25) is 4.79 Å². The van der Waals surface area contributed by atoms with Crippen molar-refractivity contribution in [3.63, 3.8) is 0 Å². The molecule has 0 aliphatic carbocycles. The highest BCUT2D eigenvalue weighted by Crippen LogP contribution is 2.21. The Bertz CT molecular complexity index is 506. The van der Waals surface area contributed by atoms with E-state index in [2.05, 4.69) is 4.90 Å². The van der Waals surface area contributed by atoms with Gasteiger partial charge >= 0.3 is 0 Å². The van der Waals surface area contributed by atoms with Gasteiger partial charge in [-0.25, -0.2) is 0 Å². The zero-order valence-electron chi connectivity index (χ0n) is 13.4. The third kappa shape index (κ3) is 5.49. The van der Waals surface area contributed by atoms with Gasteiger partial charge < -0.3 is 25.6 Å². The Balaban J connectivity index is 1.68. The predicted molar refractivity (Wildman–Crippen MR) is 87.4 cm³/mol. The molecule has 6 nitrogen and oxygen atoms in total. The maximum atomic E-state index is 11.0. The summed E-state index contributed by atoms with van der Waals surface area (Å²) < 4.78 is 5.66. The van der Waals surface area contributed by atoms with E-state index < -0.39 is 11.5 Å². The molecule has 0 bridgehead atoms. The standard InChI is InChI=1S/C17H26N2O4/c18-16(21)14-3-5-15(6-4-14)23-12-2-10-19-9-1-7-17(22,13-20)8-11-19/h3-6,20,22H,1-2,7-13H2,(H2,18,21). The van der Waals surface area contributed by atoms with Gasteiger partial charge in [0.1, 0.15) is 5.75 Å². The normalized spacial score (nSPS) is 22.5. The Morgan fingerprint density at radius 2 is 2.00 bits per heavy atom. The smallest absolute Gasteiger partial charge is 0.248 e. The van der Waals surface area contributed by atoms with E-state index in [-0.39, 0.29) is 6.61 Å². The van der Waals surface area contributed by atoms with E-state index in [0.717, 1.165) is 38.2 Å². The third-order valence-corrected chi connectivity index (χ3v) is 4.33. The van der Waals surface area contributed by atoms with E-state index in [9.17, 15) is 15.0 Å². The largest absolute Gasteiger partial charge is 0.494 e. The number of carbonyl (C=O) groups excluding carboxylic acids is 1. The summed E-state index contributed by atoms with van der Waals surface area (Å²) in [7, 11) is 0. The van der Waals surface area contributed by atoms with Crippen LogP contribution in [0.1, 0.15) is 36.0 Å². The van der Waals surface area contributed by atoms with Crippen LogP contribution in [0.4, 0.5) is 0 Å². The molecule has 0 radical (unpaired) electrons. The molecule has 128 valence electrons. The number of aliphatic hydroxyl groups is 2. The van der Waals surface area contributed by atoms with E-state index >= 15 is 0 Å². The highest BCUT2D eigenvalue weighted by molar-refractivity contribution is 5.92. The van der Waals surface area contributed by atoms with Gasteiger partial charge in [0, 0.05) is 18.7 Å². The van der Waals surface area contributed by atoms with E-state index in [4.69, 9.17) is 10.5 Å². The first-order valence-corrected chi connectivity index (χ1v) is 8.11. The second-order valence-corrected chi connectivity index (χ2v) is 6.17. The van der Waals surface area contributed by atoms with Gasteiger partial charge in [-0.15, -0.1) is 0 Å². The summed E-state index contributed by atoms with van der Waals surface area (Å²) >= 11 is 0. The van der Waals surface area contributed by atoms with Crippen LogP contribution in [-0.2, 0) is 0 Å². The molecule has 1 aromatic rings. The van der Waals surface area contributed by atoms with E-state index in [1.54, 1.807) is 24.3 Å². The van der Waals surface area contributed by atoms with Gasteiger partial charge in [0.25, 0.3) is 0 Å². The number of likely N-dealkylation sites (tertiary alicyclic amines) is 1. The minimum Gasteiger partial charge on any atom is -0.494 e. The fourth-order valence-corrected chi connectivity index (χ4v) is 2.81. The number of carbonyl (C=O) groups is 1. The topological polar surface area (TPSA) is 96.0 Å². The van der Waals surface area contributed by atoms with Crippen LogP contribution < -0.4 is 10.5 Å². The van der Waals surface area contributed by atoms with E-state index in [1.807, 2.05) is 0 Å². The van der Waals surface area contributed by atoms with Crippen molar-refractivity contribution in [2.45, 2.75) is 31.3 Å². The highest BCUT2D eigenvalue weighted by atomic mass is 16.5. The number of aliphatic hydroxyl groups excluding tert-OH is 1. The fourth-order valence-electron chi connectivity index (χ4n) is 2.81. The van der Waals surface area contributed by atoms with Gasteiger partial charge in [0.05, 0.1) is 18.8 Å². The molecule has 1 aliphatic heterocycles. The summed E-state index contributed by atoms with van der Waals surface area (Å²) in [6, 6.07) is 6.80. The van der Waals surface area contributed by atoms with Gasteiger partial charge in [-0.1, -0.05) is 0 Å². The Labute approximate surface area is 136 Å². The van der Waals surface area contributed by atoms with Gasteiger partial charge in [-0.2, -0.15) is 0 Å². The van der Waals surface area contributed by atoms with Crippen molar-refractivity contribution in [1.29, 1.82) is 0 Å².